The third-order valence-corrected chi connectivity index (χ3v) is 5.23. The van der Waals surface area contributed by atoms with E-state index in [1.807, 2.05) is 0 Å². The third-order valence-electron chi connectivity index (χ3n) is 3.53. The molecular formula is C14H19NO5S. The molecule has 1 N–H and O–H groups in total. The van der Waals surface area contributed by atoms with Crippen molar-refractivity contribution in [1.29, 1.82) is 0 Å². The highest BCUT2D eigenvalue weighted by Crippen LogP contribution is 2.28. The van der Waals surface area contributed by atoms with Crippen LogP contribution in [0.5, 0.6) is 5.75 Å². The van der Waals surface area contributed by atoms with Gasteiger partial charge in [0.2, 0.25) is 5.91 Å². The van der Waals surface area contributed by atoms with Crippen LogP contribution in [-0.4, -0.2) is 50.2 Å². The van der Waals surface area contributed by atoms with Crippen molar-refractivity contribution >= 4 is 21.4 Å². The Hall–Kier alpha value is -1.60. The van der Waals surface area contributed by atoms with Gasteiger partial charge >= 0.3 is 0 Å². The second-order valence-corrected chi connectivity index (χ2v) is 7.18. The molecule has 1 fully saturated rings. The molecular weight excluding hydrogens is 294 g/mol. The van der Waals surface area contributed by atoms with Crippen molar-refractivity contribution in [2.45, 2.75) is 25.5 Å². The fraction of sp³-hybridized carbons (Fsp3) is 0.500. The maximum Gasteiger partial charge on any atom is 0.227 e. The molecule has 1 saturated heterocycles. The first-order chi connectivity index (χ1) is 9.88. The lowest BCUT2D eigenvalue weighted by Gasteiger charge is -2.30. The van der Waals surface area contributed by atoms with Gasteiger partial charge in [-0.3, -0.25) is 4.79 Å². The summed E-state index contributed by atoms with van der Waals surface area (Å²) in [6, 6.07) is 6.06. The van der Waals surface area contributed by atoms with Gasteiger partial charge in [-0.25, -0.2) is 8.42 Å². The number of hydrogen-bond acceptors (Lipinski definition) is 5. The molecule has 0 saturated carbocycles. The van der Waals surface area contributed by atoms with Gasteiger partial charge in [0.1, 0.15) is 5.75 Å². The highest BCUT2D eigenvalue weighted by atomic mass is 32.2. The summed E-state index contributed by atoms with van der Waals surface area (Å²) >= 11 is 0. The summed E-state index contributed by atoms with van der Waals surface area (Å²) in [4.78, 5) is 13.6. The summed E-state index contributed by atoms with van der Waals surface area (Å²) in [5, 5.41) is 10.0. The number of aliphatic hydroxyl groups excluding tert-OH is 1. The van der Waals surface area contributed by atoms with E-state index in [2.05, 4.69) is 0 Å². The number of anilines is 1. The Morgan fingerprint density at radius 3 is 2.67 bits per heavy atom. The normalized spacial score (nSPS) is 23.8. The number of carbonyl (C=O) groups is 1. The van der Waals surface area contributed by atoms with Crippen LogP contribution >= 0.6 is 0 Å². The van der Waals surface area contributed by atoms with Crippen LogP contribution in [0.15, 0.2) is 24.3 Å². The van der Waals surface area contributed by atoms with E-state index < -0.39 is 22.0 Å². The monoisotopic (exact) mass is 313 g/mol. The van der Waals surface area contributed by atoms with Crippen LogP contribution in [0.4, 0.5) is 5.69 Å². The minimum atomic E-state index is -3.33. The molecule has 2 unspecified atom stereocenters. The van der Waals surface area contributed by atoms with Crippen LogP contribution in [-0.2, 0) is 14.6 Å². The maximum absolute atomic E-state index is 12.2. The zero-order valence-corrected chi connectivity index (χ0v) is 12.8. The smallest absolute Gasteiger partial charge is 0.227 e. The molecule has 1 amide bonds. The van der Waals surface area contributed by atoms with Crippen molar-refractivity contribution in [3.63, 3.8) is 0 Å². The van der Waals surface area contributed by atoms with Crippen molar-refractivity contribution in [2.24, 2.45) is 0 Å². The number of sulfone groups is 1. The second-order valence-electron chi connectivity index (χ2n) is 5.03. The molecule has 0 aliphatic carbocycles. The van der Waals surface area contributed by atoms with E-state index >= 15 is 0 Å². The van der Waals surface area contributed by atoms with E-state index in [-0.39, 0.29) is 23.8 Å². The predicted molar refractivity (Wildman–Crippen MR) is 79.2 cm³/mol. The van der Waals surface area contributed by atoms with Crippen LogP contribution in [0.2, 0.25) is 0 Å². The number of aliphatic hydroxyl groups is 1. The predicted octanol–water partition coefficient (Wildman–Crippen LogP) is 0.596. The van der Waals surface area contributed by atoms with Crippen LogP contribution < -0.4 is 9.64 Å². The SMILES string of the molecule is CCC(=O)N(c1cccc(OC)c1)C1CS(=O)(=O)CC1O. The third kappa shape index (κ3) is 3.36. The Labute approximate surface area is 124 Å². The quantitative estimate of drug-likeness (QED) is 0.880. The number of amides is 1. The van der Waals surface area contributed by atoms with Crippen molar-refractivity contribution < 1.29 is 23.1 Å². The van der Waals surface area contributed by atoms with Gasteiger partial charge in [0.15, 0.2) is 9.84 Å². The van der Waals surface area contributed by atoms with Crippen molar-refractivity contribution in [3.05, 3.63) is 24.3 Å². The largest absolute Gasteiger partial charge is 0.497 e. The van der Waals surface area contributed by atoms with Crippen molar-refractivity contribution in [3.8, 4) is 5.75 Å². The fourth-order valence-corrected chi connectivity index (χ4v) is 4.28. The van der Waals surface area contributed by atoms with Crippen molar-refractivity contribution in [2.75, 3.05) is 23.5 Å². The Morgan fingerprint density at radius 2 is 2.14 bits per heavy atom. The Morgan fingerprint density at radius 1 is 1.43 bits per heavy atom. The summed E-state index contributed by atoms with van der Waals surface area (Å²) in [6.45, 7) is 1.70. The van der Waals surface area contributed by atoms with Gasteiger partial charge in [0.25, 0.3) is 0 Å². The molecule has 1 aliphatic heterocycles. The molecule has 116 valence electrons. The first-order valence-electron chi connectivity index (χ1n) is 6.72. The molecule has 1 aromatic carbocycles. The van der Waals surface area contributed by atoms with Gasteiger partial charge in [-0.05, 0) is 12.1 Å². The number of rotatable bonds is 4. The van der Waals surface area contributed by atoms with Gasteiger partial charge in [-0.1, -0.05) is 13.0 Å². The number of nitrogens with zero attached hydrogens (tertiary/aromatic N) is 1. The number of methoxy groups -OCH3 is 1. The van der Waals surface area contributed by atoms with Crippen LogP contribution in [0.1, 0.15) is 13.3 Å². The molecule has 6 nitrogen and oxygen atoms in total. The topological polar surface area (TPSA) is 83.9 Å². The molecule has 0 spiro atoms. The lowest BCUT2D eigenvalue weighted by molar-refractivity contribution is -0.119. The second kappa shape index (κ2) is 6.03. The molecule has 7 heteroatoms. The van der Waals surface area contributed by atoms with Gasteiger partial charge in [-0.2, -0.15) is 0 Å². The van der Waals surface area contributed by atoms with E-state index in [4.69, 9.17) is 4.74 Å². The minimum Gasteiger partial charge on any atom is -0.497 e. The van der Waals surface area contributed by atoms with E-state index in [1.165, 1.54) is 12.0 Å². The molecule has 0 radical (unpaired) electrons. The summed E-state index contributed by atoms with van der Waals surface area (Å²) in [6.07, 6.45) is -0.850. The van der Waals surface area contributed by atoms with Gasteiger partial charge in [-0.15, -0.1) is 0 Å². The molecule has 1 aromatic rings. The first kappa shape index (κ1) is 15.8. The van der Waals surface area contributed by atoms with Gasteiger partial charge in [0, 0.05) is 18.2 Å². The summed E-state index contributed by atoms with van der Waals surface area (Å²) in [7, 11) is -1.82. The number of carbonyl (C=O) groups excluding carboxylic acids is 1. The molecule has 0 aromatic heterocycles. The number of benzene rings is 1. The highest BCUT2D eigenvalue weighted by molar-refractivity contribution is 7.91. The summed E-state index contributed by atoms with van der Waals surface area (Å²) < 4.78 is 28.5. The zero-order valence-electron chi connectivity index (χ0n) is 12.0. The van der Waals surface area contributed by atoms with Crippen LogP contribution in [0.25, 0.3) is 0 Å². The van der Waals surface area contributed by atoms with E-state index in [0.717, 1.165) is 0 Å². The molecule has 21 heavy (non-hydrogen) atoms. The first-order valence-corrected chi connectivity index (χ1v) is 8.54. The Balaban J connectivity index is 2.41. The molecule has 0 bridgehead atoms. The standard InChI is InChI=1S/C14H19NO5S/c1-3-14(17)15(10-5-4-6-11(7-10)20-2)12-8-21(18,19)9-13(12)16/h4-7,12-13,16H,3,8-9H2,1-2H3. The molecule has 1 aliphatic rings. The fourth-order valence-electron chi connectivity index (χ4n) is 2.51. The lowest BCUT2D eigenvalue weighted by Crippen LogP contribution is -2.46. The number of ether oxygens (including phenoxy) is 1. The van der Waals surface area contributed by atoms with Gasteiger partial charge < -0.3 is 14.7 Å². The van der Waals surface area contributed by atoms with Crippen LogP contribution in [0, 0.1) is 0 Å². The maximum atomic E-state index is 12.2. The van der Waals surface area contributed by atoms with E-state index in [9.17, 15) is 18.3 Å². The van der Waals surface area contributed by atoms with Crippen molar-refractivity contribution in [1.82, 2.24) is 0 Å². The van der Waals surface area contributed by atoms with Gasteiger partial charge in [0.05, 0.1) is 30.8 Å². The molecule has 1 heterocycles. The van der Waals surface area contributed by atoms with E-state index in [1.54, 1.807) is 31.2 Å². The number of hydrogen-bond donors (Lipinski definition) is 1. The average Bonchev–Trinajstić information content (AvgIpc) is 2.72. The Bertz CT molecular complexity index is 628. The molecule has 2 rings (SSSR count). The molecule has 2 atom stereocenters. The average molecular weight is 313 g/mol. The van der Waals surface area contributed by atoms with E-state index in [0.29, 0.717) is 11.4 Å². The lowest BCUT2D eigenvalue weighted by atomic mass is 10.1. The van der Waals surface area contributed by atoms with Crippen LogP contribution in [0.3, 0.4) is 0 Å². The summed E-state index contributed by atoms with van der Waals surface area (Å²) in [5.41, 5.74) is 0.530. The summed E-state index contributed by atoms with van der Waals surface area (Å²) in [5.74, 6) is -0.201. The minimum absolute atomic E-state index is 0.223. The zero-order chi connectivity index (χ0) is 15.6. The Kier molecular flexibility index (Phi) is 4.53. The highest BCUT2D eigenvalue weighted by Gasteiger charge is 2.42.